The summed E-state index contributed by atoms with van der Waals surface area (Å²) in [6, 6.07) is -0.551. The summed E-state index contributed by atoms with van der Waals surface area (Å²) in [5.41, 5.74) is 0. The molecule has 0 heterocycles. The van der Waals surface area contributed by atoms with Gasteiger partial charge >= 0.3 is 5.97 Å². The number of esters is 1. The smallest absolute Gasteiger partial charge is 0.305 e. The SMILES string of the molecule is CCCCCC/C=C\C/C=C\CCCCCCCC(=O)OCCCCCCCCCCC/C=C\CCCCCCCC(=O)NC(CO)C(O)CCCCCCCCCCCCCC. The first-order valence-electron chi connectivity index (χ1n) is 27.7. The highest BCUT2D eigenvalue weighted by Crippen LogP contribution is 2.16. The minimum absolute atomic E-state index is 0.0109. The molecule has 6 nitrogen and oxygen atoms in total. The van der Waals surface area contributed by atoms with Gasteiger partial charge in [-0.25, -0.2) is 0 Å². The predicted molar refractivity (Wildman–Crippen MR) is 273 cm³/mol. The van der Waals surface area contributed by atoms with Gasteiger partial charge in [0.25, 0.3) is 0 Å². The van der Waals surface area contributed by atoms with Gasteiger partial charge in [0, 0.05) is 12.8 Å². The third-order valence-electron chi connectivity index (χ3n) is 12.7. The molecule has 0 aromatic carbocycles. The Hall–Kier alpha value is -1.92. The van der Waals surface area contributed by atoms with Gasteiger partial charge in [-0.1, -0.05) is 230 Å². The average Bonchev–Trinajstić information content (AvgIpc) is 3.28. The zero-order valence-corrected chi connectivity index (χ0v) is 42.1. The second-order valence-electron chi connectivity index (χ2n) is 18.9. The molecule has 63 heavy (non-hydrogen) atoms. The molecule has 0 bridgehead atoms. The largest absolute Gasteiger partial charge is 0.466 e. The molecule has 0 aliphatic heterocycles. The number of hydrogen-bond acceptors (Lipinski definition) is 5. The molecule has 0 aromatic heterocycles. The number of rotatable bonds is 51. The molecule has 0 saturated heterocycles. The zero-order valence-electron chi connectivity index (χ0n) is 42.1. The molecule has 0 aromatic rings. The van der Waals surface area contributed by atoms with Crippen molar-refractivity contribution in [3.63, 3.8) is 0 Å². The minimum Gasteiger partial charge on any atom is -0.466 e. The van der Waals surface area contributed by atoms with Gasteiger partial charge in [0.2, 0.25) is 5.91 Å². The van der Waals surface area contributed by atoms with Crippen molar-refractivity contribution < 1.29 is 24.5 Å². The van der Waals surface area contributed by atoms with Crippen molar-refractivity contribution in [2.75, 3.05) is 13.2 Å². The van der Waals surface area contributed by atoms with Crippen LogP contribution < -0.4 is 5.32 Å². The summed E-state index contributed by atoms with van der Waals surface area (Å²) in [4.78, 5) is 24.5. The van der Waals surface area contributed by atoms with Crippen molar-refractivity contribution in [2.45, 2.75) is 302 Å². The van der Waals surface area contributed by atoms with Gasteiger partial charge in [-0.05, 0) is 83.5 Å². The third kappa shape index (κ3) is 49.4. The first kappa shape index (κ1) is 61.1. The van der Waals surface area contributed by atoms with Crippen molar-refractivity contribution >= 4 is 11.9 Å². The van der Waals surface area contributed by atoms with Gasteiger partial charge in [0.1, 0.15) is 0 Å². The fourth-order valence-electron chi connectivity index (χ4n) is 8.37. The number of aliphatic hydroxyl groups excluding tert-OH is 2. The topological polar surface area (TPSA) is 95.9 Å². The van der Waals surface area contributed by atoms with Gasteiger partial charge in [0.15, 0.2) is 0 Å². The van der Waals surface area contributed by atoms with Crippen LogP contribution in [0.1, 0.15) is 290 Å². The lowest BCUT2D eigenvalue weighted by molar-refractivity contribution is -0.143. The normalized spacial score (nSPS) is 12.9. The second kappa shape index (κ2) is 52.7. The molecule has 1 amide bonds. The maximum absolute atomic E-state index is 12.4. The molecule has 6 heteroatoms. The standard InChI is InChI=1S/C57H107NO5/c1-3-5-7-9-11-13-15-17-18-24-27-31-35-39-43-47-51-57(62)63-52-48-44-40-36-32-28-25-22-20-19-21-23-26-30-34-38-42-46-50-56(61)58-54(53-59)55(60)49-45-41-37-33-29-16-14-12-10-8-6-4-2/h13,15,18,21,23-24,54-55,59-60H,3-12,14,16-17,19-20,22,25-53H2,1-2H3,(H,58,61)/b15-13-,23-21-,24-18-. The van der Waals surface area contributed by atoms with Crippen LogP contribution in [0.2, 0.25) is 0 Å². The molecule has 370 valence electrons. The van der Waals surface area contributed by atoms with Crippen LogP contribution in [0.3, 0.4) is 0 Å². The Balaban J connectivity index is 3.45. The van der Waals surface area contributed by atoms with E-state index < -0.39 is 12.1 Å². The minimum atomic E-state index is -0.672. The number of carbonyl (C=O) groups is 2. The third-order valence-corrected chi connectivity index (χ3v) is 12.7. The molecule has 0 fully saturated rings. The van der Waals surface area contributed by atoms with Crippen LogP contribution in [0.4, 0.5) is 0 Å². The van der Waals surface area contributed by atoms with E-state index in [0.29, 0.717) is 25.9 Å². The van der Waals surface area contributed by atoms with E-state index in [1.807, 2.05) is 0 Å². The first-order chi connectivity index (χ1) is 31.0. The molecular weight excluding hydrogens is 779 g/mol. The summed E-state index contributed by atoms with van der Waals surface area (Å²) >= 11 is 0. The summed E-state index contributed by atoms with van der Waals surface area (Å²) < 4.78 is 5.47. The maximum atomic E-state index is 12.4. The highest BCUT2D eigenvalue weighted by molar-refractivity contribution is 5.76. The molecule has 0 aliphatic rings. The number of unbranched alkanes of at least 4 members (excludes halogenated alkanes) is 34. The lowest BCUT2D eigenvalue weighted by Gasteiger charge is -2.22. The molecule has 0 aliphatic carbocycles. The molecule has 0 radical (unpaired) electrons. The number of hydrogen-bond donors (Lipinski definition) is 3. The van der Waals surface area contributed by atoms with E-state index in [-0.39, 0.29) is 18.5 Å². The number of amides is 1. The van der Waals surface area contributed by atoms with Crippen LogP contribution in [0, 0.1) is 0 Å². The van der Waals surface area contributed by atoms with E-state index >= 15 is 0 Å². The quantitative estimate of drug-likeness (QED) is 0.0321. The predicted octanol–water partition coefficient (Wildman–Crippen LogP) is 16.9. The van der Waals surface area contributed by atoms with Crippen molar-refractivity contribution in [3.05, 3.63) is 36.5 Å². The monoisotopic (exact) mass is 886 g/mol. The maximum Gasteiger partial charge on any atom is 0.305 e. The highest BCUT2D eigenvalue weighted by Gasteiger charge is 2.20. The molecule has 0 rings (SSSR count). The van der Waals surface area contributed by atoms with Gasteiger partial charge in [-0.3, -0.25) is 9.59 Å². The fourth-order valence-corrected chi connectivity index (χ4v) is 8.37. The molecule has 3 N–H and O–H groups in total. The lowest BCUT2D eigenvalue weighted by Crippen LogP contribution is -2.45. The van der Waals surface area contributed by atoms with Crippen LogP contribution in [-0.2, 0) is 14.3 Å². The number of carbonyl (C=O) groups excluding carboxylic acids is 2. The summed E-state index contributed by atoms with van der Waals surface area (Å²) in [7, 11) is 0. The lowest BCUT2D eigenvalue weighted by atomic mass is 10.0. The van der Waals surface area contributed by atoms with Crippen LogP contribution in [0.5, 0.6) is 0 Å². The Kier molecular flexibility index (Phi) is 51.1. The Morgan fingerprint density at radius 3 is 1.24 bits per heavy atom. The van der Waals surface area contributed by atoms with Crippen LogP contribution in [0.15, 0.2) is 36.5 Å². The zero-order chi connectivity index (χ0) is 45.8. The highest BCUT2D eigenvalue weighted by atomic mass is 16.5. The molecular formula is C57H107NO5. The van der Waals surface area contributed by atoms with Crippen LogP contribution >= 0.6 is 0 Å². The van der Waals surface area contributed by atoms with E-state index in [1.54, 1.807) is 0 Å². The summed E-state index contributed by atoms with van der Waals surface area (Å²) in [5.74, 6) is -0.0615. The first-order valence-corrected chi connectivity index (χ1v) is 27.7. The average molecular weight is 886 g/mol. The number of allylic oxidation sites excluding steroid dienone is 6. The summed E-state index contributed by atoms with van der Waals surface area (Å²) in [6.07, 6.45) is 64.1. The van der Waals surface area contributed by atoms with Gasteiger partial charge in [-0.2, -0.15) is 0 Å². The summed E-state index contributed by atoms with van der Waals surface area (Å²) in [6.45, 7) is 4.91. The van der Waals surface area contributed by atoms with Gasteiger partial charge < -0.3 is 20.3 Å². The van der Waals surface area contributed by atoms with Gasteiger partial charge in [0.05, 0.1) is 25.4 Å². The van der Waals surface area contributed by atoms with E-state index in [1.165, 1.54) is 186 Å². The Bertz CT molecular complexity index is 1020. The van der Waals surface area contributed by atoms with E-state index in [4.69, 9.17) is 4.74 Å². The van der Waals surface area contributed by atoms with E-state index in [0.717, 1.165) is 70.6 Å². The van der Waals surface area contributed by atoms with E-state index in [9.17, 15) is 19.8 Å². The Morgan fingerprint density at radius 2 is 0.794 bits per heavy atom. The number of nitrogens with one attached hydrogen (secondary N) is 1. The van der Waals surface area contributed by atoms with Crippen molar-refractivity contribution in [1.82, 2.24) is 5.32 Å². The molecule has 2 unspecified atom stereocenters. The second-order valence-corrected chi connectivity index (χ2v) is 18.9. The molecule has 0 saturated carbocycles. The summed E-state index contributed by atoms with van der Waals surface area (Å²) in [5, 5.41) is 23.2. The Morgan fingerprint density at radius 1 is 0.444 bits per heavy atom. The molecule has 2 atom stereocenters. The van der Waals surface area contributed by atoms with Crippen LogP contribution in [0.25, 0.3) is 0 Å². The van der Waals surface area contributed by atoms with Crippen molar-refractivity contribution in [3.8, 4) is 0 Å². The van der Waals surface area contributed by atoms with Crippen LogP contribution in [-0.4, -0.2) is 47.4 Å². The number of aliphatic hydroxyl groups is 2. The van der Waals surface area contributed by atoms with Crippen molar-refractivity contribution in [1.29, 1.82) is 0 Å². The number of ether oxygens (including phenoxy) is 1. The van der Waals surface area contributed by atoms with Crippen molar-refractivity contribution in [2.24, 2.45) is 0 Å². The fraction of sp³-hybridized carbons (Fsp3) is 0.860. The molecule has 0 spiro atoms. The van der Waals surface area contributed by atoms with E-state index in [2.05, 4.69) is 55.6 Å². The van der Waals surface area contributed by atoms with Gasteiger partial charge in [-0.15, -0.1) is 0 Å². The Labute approximate surface area is 392 Å².